The van der Waals surface area contributed by atoms with Crippen LogP contribution in [0.3, 0.4) is 0 Å². The van der Waals surface area contributed by atoms with Crippen LogP contribution in [0.4, 0.5) is 28.4 Å². The molecule has 12 heteroatoms. The van der Waals surface area contributed by atoms with E-state index < -0.39 is 29.1 Å². The lowest BCUT2D eigenvalue weighted by Gasteiger charge is -2.37. The molecule has 0 aromatic heterocycles. The molecule has 4 amide bonds. The Balaban J connectivity index is 2.49. The average molecular weight is 503 g/mol. The molecule has 1 saturated heterocycles. The summed E-state index contributed by atoms with van der Waals surface area (Å²) < 4.78 is 43.7. The molecule has 0 spiro atoms. The van der Waals surface area contributed by atoms with E-state index in [9.17, 15) is 27.6 Å². The normalized spacial score (nSPS) is 16.4. The number of halogens is 3. The molecule has 1 heterocycles. The lowest BCUT2D eigenvalue weighted by Crippen LogP contribution is -2.54. The van der Waals surface area contributed by atoms with Crippen molar-refractivity contribution in [1.29, 1.82) is 0 Å². The van der Waals surface area contributed by atoms with Crippen LogP contribution in [-0.2, 0) is 16.0 Å². The van der Waals surface area contributed by atoms with Crippen molar-refractivity contribution in [2.75, 3.05) is 19.1 Å². The number of amides is 4. The van der Waals surface area contributed by atoms with E-state index in [-0.39, 0.29) is 34.1 Å². The summed E-state index contributed by atoms with van der Waals surface area (Å²) in [6, 6.07) is 3.35. The van der Waals surface area contributed by atoms with Crippen LogP contribution in [0.2, 0.25) is 0 Å². The van der Waals surface area contributed by atoms with Gasteiger partial charge in [-0.25, -0.2) is 19.5 Å². The zero-order valence-electron chi connectivity index (χ0n) is 20.1. The fraction of sp³-hybridized carbons (Fsp3) is 0.500. The molecule has 2 rings (SSSR count). The average Bonchev–Trinajstić information content (AvgIpc) is 2.89. The fourth-order valence-corrected chi connectivity index (χ4v) is 4.31. The third-order valence-corrected chi connectivity index (χ3v) is 5.97. The van der Waals surface area contributed by atoms with E-state index in [2.05, 4.69) is 10.1 Å². The number of carbonyl (C=O) groups excluding carboxylic acids is 3. The third kappa shape index (κ3) is 5.78. The summed E-state index contributed by atoms with van der Waals surface area (Å²) in [5, 5.41) is 4.96. The minimum atomic E-state index is -4.47. The highest BCUT2D eigenvalue weighted by molar-refractivity contribution is 8.00. The molecule has 0 unspecified atom stereocenters. The van der Waals surface area contributed by atoms with Crippen molar-refractivity contribution in [2.45, 2.75) is 57.0 Å². The molecule has 1 aliphatic heterocycles. The molecule has 1 N–H and O–H groups in total. The first-order chi connectivity index (χ1) is 15.6. The van der Waals surface area contributed by atoms with Crippen LogP contribution in [0.15, 0.2) is 35.0 Å². The predicted octanol–water partition coefficient (Wildman–Crippen LogP) is 5.11. The maximum Gasteiger partial charge on any atom is 0.446 e. The molecule has 1 aliphatic rings. The van der Waals surface area contributed by atoms with Crippen molar-refractivity contribution in [1.82, 2.24) is 15.3 Å². The van der Waals surface area contributed by atoms with Crippen LogP contribution < -0.4 is 10.2 Å². The number of alkyl halides is 3. The molecule has 34 heavy (non-hydrogen) atoms. The summed E-state index contributed by atoms with van der Waals surface area (Å²) in [5.74, 6) is -0.321. The monoisotopic (exact) mass is 502 g/mol. The number of methoxy groups -OCH3 is 1. The number of thioether (sulfide) groups is 1. The Labute approximate surface area is 201 Å². The highest BCUT2D eigenvalue weighted by atomic mass is 32.2. The first-order valence-electron chi connectivity index (χ1n) is 10.5. The first kappa shape index (κ1) is 27.4. The highest BCUT2D eigenvalue weighted by Crippen LogP contribution is 2.41. The number of anilines is 1. The molecule has 188 valence electrons. The molecular weight excluding hydrogens is 473 g/mol. The summed E-state index contributed by atoms with van der Waals surface area (Å²) in [5.41, 5.74) is -5.26. The van der Waals surface area contributed by atoms with Gasteiger partial charge in [-0.15, -0.1) is 0 Å². The number of imide groups is 1. The number of rotatable bonds is 7. The Hall–Kier alpha value is -2.89. The summed E-state index contributed by atoms with van der Waals surface area (Å²) in [6.07, 6.45) is 1.10. The lowest BCUT2D eigenvalue weighted by molar-refractivity contribution is -0.127. The Bertz CT molecular complexity index is 995. The SMILES string of the molecule is C/C=C(/NC(=O)OC)N(C)N1C(=O)N(c2ccc(SC(F)(F)F)c(CC(C)C)c2)C(=O)C1(C)C. The number of hydrazine groups is 1. The number of nitrogens with zero attached hydrogens (tertiary/aromatic N) is 3. The van der Waals surface area contributed by atoms with E-state index in [1.165, 1.54) is 62.3 Å². The van der Waals surface area contributed by atoms with Crippen LogP contribution in [0, 0.1) is 5.92 Å². The van der Waals surface area contributed by atoms with Gasteiger partial charge in [0.25, 0.3) is 5.91 Å². The number of nitrogens with one attached hydrogen (secondary N) is 1. The minimum Gasteiger partial charge on any atom is -0.453 e. The van der Waals surface area contributed by atoms with E-state index in [0.717, 1.165) is 4.90 Å². The number of alkyl carbamates (subject to hydrolysis) is 1. The second-order valence-corrected chi connectivity index (χ2v) is 9.65. The molecular formula is C22H29F3N4O4S. The van der Waals surface area contributed by atoms with Crippen LogP contribution in [0.1, 0.15) is 40.2 Å². The molecule has 8 nitrogen and oxygen atoms in total. The van der Waals surface area contributed by atoms with Crippen molar-refractivity contribution in [3.63, 3.8) is 0 Å². The van der Waals surface area contributed by atoms with Gasteiger partial charge in [0.15, 0.2) is 0 Å². The maximum atomic E-state index is 13.4. The summed E-state index contributed by atoms with van der Waals surface area (Å²) in [4.78, 5) is 39.4. The Morgan fingerprint density at radius 1 is 1.29 bits per heavy atom. The lowest BCUT2D eigenvalue weighted by atomic mass is 10.0. The van der Waals surface area contributed by atoms with Crippen molar-refractivity contribution in [3.05, 3.63) is 35.7 Å². The quantitative estimate of drug-likeness (QED) is 0.412. The van der Waals surface area contributed by atoms with Crippen molar-refractivity contribution >= 4 is 35.5 Å². The maximum absolute atomic E-state index is 13.4. The molecule has 0 bridgehead atoms. The van der Waals surface area contributed by atoms with Crippen molar-refractivity contribution in [3.8, 4) is 0 Å². The van der Waals surface area contributed by atoms with Gasteiger partial charge in [-0.05, 0) is 74.7 Å². The van der Waals surface area contributed by atoms with Crippen molar-refractivity contribution < 1.29 is 32.3 Å². The molecule has 1 aromatic carbocycles. The number of allylic oxidation sites excluding steroid dienone is 1. The van der Waals surface area contributed by atoms with Crippen LogP contribution in [0.5, 0.6) is 0 Å². The van der Waals surface area contributed by atoms with E-state index in [1.807, 2.05) is 13.8 Å². The van der Waals surface area contributed by atoms with E-state index in [4.69, 9.17) is 0 Å². The smallest absolute Gasteiger partial charge is 0.446 e. The van der Waals surface area contributed by atoms with Gasteiger partial charge in [-0.2, -0.15) is 13.2 Å². The van der Waals surface area contributed by atoms with Crippen LogP contribution in [0.25, 0.3) is 0 Å². The molecule has 0 aliphatic carbocycles. The molecule has 0 atom stereocenters. The Morgan fingerprint density at radius 3 is 2.41 bits per heavy atom. The summed E-state index contributed by atoms with van der Waals surface area (Å²) in [7, 11) is 2.68. The Morgan fingerprint density at radius 2 is 1.91 bits per heavy atom. The van der Waals surface area contributed by atoms with Gasteiger partial charge in [0, 0.05) is 11.9 Å². The molecule has 0 radical (unpaired) electrons. The Kier molecular flexibility index (Phi) is 8.18. The number of urea groups is 1. The molecule has 1 aromatic rings. The summed E-state index contributed by atoms with van der Waals surface area (Å²) >= 11 is -0.224. The minimum absolute atomic E-state index is 0.0239. The van der Waals surface area contributed by atoms with Crippen LogP contribution in [-0.4, -0.2) is 53.3 Å². The number of ether oxygens (including phenoxy) is 1. The zero-order valence-corrected chi connectivity index (χ0v) is 20.9. The first-order valence-corrected chi connectivity index (χ1v) is 11.3. The third-order valence-electron chi connectivity index (χ3n) is 5.12. The fourth-order valence-electron chi connectivity index (χ4n) is 3.65. The topological polar surface area (TPSA) is 82.2 Å². The largest absolute Gasteiger partial charge is 0.453 e. The number of benzene rings is 1. The van der Waals surface area contributed by atoms with Crippen molar-refractivity contribution in [2.24, 2.45) is 5.92 Å². The van der Waals surface area contributed by atoms with Gasteiger partial charge in [-0.1, -0.05) is 13.8 Å². The molecule has 1 fully saturated rings. The van der Waals surface area contributed by atoms with E-state index in [0.29, 0.717) is 12.0 Å². The second kappa shape index (κ2) is 10.2. The number of hydrogen-bond donors (Lipinski definition) is 1. The molecule has 0 saturated carbocycles. The number of hydrogen-bond acceptors (Lipinski definition) is 6. The van der Waals surface area contributed by atoms with Gasteiger partial charge in [0.05, 0.1) is 12.8 Å². The second-order valence-electron chi connectivity index (χ2n) is 8.55. The standard InChI is InChI=1S/C22H29F3N4O4S/c1-8-17(26-19(31)33-7)27(6)29-20(32)28(18(30)21(29,4)5)15-9-10-16(34-22(23,24)25)14(12-15)11-13(2)3/h8-10,12-13H,11H2,1-7H3,(H,26,31)/b17-8-. The van der Waals surface area contributed by atoms with Gasteiger partial charge in [0.2, 0.25) is 0 Å². The van der Waals surface area contributed by atoms with E-state index >= 15 is 0 Å². The highest BCUT2D eigenvalue weighted by Gasteiger charge is 2.54. The zero-order chi connectivity index (χ0) is 26.0. The van der Waals surface area contributed by atoms with Gasteiger partial charge >= 0.3 is 17.6 Å². The van der Waals surface area contributed by atoms with Gasteiger partial charge in [-0.3, -0.25) is 15.1 Å². The van der Waals surface area contributed by atoms with Gasteiger partial charge < -0.3 is 4.74 Å². The predicted molar refractivity (Wildman–Crippen MR) is 123 cm³/mol. The van der Waals surface area contributed by atoms with Crippen LogP contribution >= 0.6 is 11.8 Å². The number of carbonyl (C=O) groups is 3. The van der Waals surface area contributed by atoms with Gasteiger partial charge in [0.1, 0.15) is 11.4 Å². The van der Waals surface area contributed by atoms with E-state index in [1.54, 1.807) is 6.92 Å². The summed E-state index contributed by atoms with van der Waals surface area (Å²) in [6.45, 7) is 8.45.